The number of rotatable bonds is 6. The topological polar surface area (TPSA) is 60.2 Å². The molecule has 5 nitrogen and oxygen atoms in total. The summed E-state index contributed by atoms with van der Waals surface area (Å²) in [6.45, 7) is 6.30. The molecule has 0 saturated carbocycles. The molecule has 0 spiro atoms. The van der Waals surface area contributed by atoms with Crippen molar-refractivity contribution in [2.75, 3.05) is 6.61 Å². The fraction of sp³-hybridized carbons (Fsp3) is 0.467. The molecule has 0 fully saturated rings. The van der Waals surface area contributed by atoms with E-state index in [0.29, 0.717) is 11.6 Å². The summed E-state index contributed by atoms with van der Waals surface area (Å²) in [4.78, 5) is 4.48. The number of aryl methyl sites for hydroxylation is 2. The van der Waals surface area contributed by atoms with E-state index >= 15 is 0 Å². The van der Waals surface area contributed by atoms with Crippen molar-refractivity contribution in [2.45, 2.75) is 39.8 Å². The van der Waals surface area contributed by atoms with Crippen LogP contribution in [0.1, 0.15) is 37.2 Å². The van der Waals surface area contributed by atoms with Crippen LogP contribution < -0.4 is 4.74 Å². The standard InChI is InChI=1S/C15H20ClN3O2/c1-4-14-17-15(19(18-14)7-8-20)11(3)21-13-6-5-12(16)9-10(13)2/h5-6,9,11,20H,4,7-8H2,1-3H3/t11-/m1/s1. The van der Waals surface area contributed by atoms with Gasteiger partial charge in [0.15, 0.2) is 17.8 Å². The van der Waals surface area contributed by atoms with Crippen LogP contribution in [0.2, 0.25) is 5.02 Å². The summed E-state index contributed by atoms with van der Waals surface area (Å²) in [5, 5.41) is 14.2. The Kier molecular flexibility index (Phi) is 5.20. The summed E-state index contributed by atoms with van der Waals surface area (Å²) < 4.78 is 7.67. The van der Waals surface area contributed by atoms with Crippen LogP contribution in [0.15, 0.2) is 18.2 Å². The Balaban J connectivity index is 2.22. The zero-order chi connectivity index (χ0) is 15.4. The highest BCUT2D eigenvalue weighted by Crippen LogP contribution is 2.26. The van der Waals surface area contributed by atoms with E-state index in [1.165, 1.54) is 0 Å². The summed E-state index contributed by atoms with van der Waals surface area (Å²) in [5.74, 6) is 2.24. The highest BCUT2D eigenvalue weighted by Gasteiger charge is 2.18. The average molecular weight is 310 g/mol. The lowest BCUT2D eigenvalue weighted by Crippen LogP contribution is -2.15. The second-order valence-electron chi connectivity index (χ2n) is 4.86. The van der Waals surface area contributed by atoms with Gasteiger partial charge in [-0.05, 0) is 37.6 Å². The van der Waals surface area contributed by atoms with Gasteiger partial charge in [0, 0.05) is 11.4 Å². The molecule has 0 amide bonds. The van der Waals surface area contributed by atoms with E-state index in [1.807, 2.05) is 32.9 Å². The van der Waals surface area contributed by atoms with Crippen LogP contribution in [-0.2, 0) is 13.0 Å². The number of hydrogen-bond donors (Lipinski definition) is 1. The normalized spacial score (nSPS) is 12.4. The minimum atomic E-state index is -0.260. The van der Waals surface area contributed by atoms with E-state index in [-0.39, 0.29) is 12.7 Å². The summed E-state index contributed by atoms with van der Waals surface area (Å²) in [6, 6.07) is 5.51. The van der Waals surface area contributed by atoms with Gasteiger partial charge in [-0.3, -0.25) is 0 Å². The Morgan fingerprint density at radius 1 is 1.43 bits per heavy atom. The zero-order valence-electron chi connectivity index (χ0n) is 12.5. The Bertz CT molecular complexity index is 613. The lowest BCUT2D eigenvalue weighted by atomic mass is 10.2. The minimum Gasteiger partial charge on any atom is -0.482 e. The first-order valence-electron chi connectivity index (χ1n) is 7.02. The van der Waals surface area contributed by atoms with Crippen molar-refractivity contribution in [1.29, 1.82) is 0 Å². The quantitative estimate of drug-likeness (QED) is 0.891. The van der Waals surface area contributed by atoms with Gasteiger partial charge in [0.1, 0.15) is 5.75 Å². The summed E-state index contributed by atoms with van der Waals surface area (Å²) >= 11 is 5.95. The number of ether oxygens (including phenoxy) is 1. The second-order valence-corrected chi connectivity index (χ2v) is 5.29. The number of nitrogens with zero attached hydrogens (tertiary/aromatic N) is 3. The highest BCUT2D eigenvalue weighted by molar-refractivity contribution is 6.30. The SMILES string of the molecule is CCc1nc([C@@H](C)Oc2ccc(Cl)cc2C)n(CCO)n1. The van der Waals surface area contributed by atoms with Crippen molar-refractivity contribution < 1.29 is 9.84 Å². The van der Waals surface area contributed by atoms with E-state index in [4.69, 9.17) is 21.4 Å². The molecule has 114 valence electrons. The van der Waals surface area contributed by atoms with Crippen LogP contribution in [0.4, 0.5) is 0 Å². The van der Waals surface area contributed by atoms with E-state index in [0.717, 1.165) is 29.4 Å². The number of benzene rings is 1. The summed E-state index contributed by atoms with van der Waals surface area (Å²) in [6.07, 6.45) is 0.488. The van der Waals surface area contributed by atoms with E-state index < -0.39 is 0 Å². The molecule has 21 heavy (non-hydrogen) atoms. The van der Waals surface area contributed by atoms with Gasteiger partial charge in [0.05, 0.1) is 13.2 Å². The Morgan fingerprint density at radius 3 is 2.81 bits per heavy atom. The molecule has 0 saturated heterocycles. The first kappa shape index (κ1) is 15.8. The Hall–Kier alpha value is -1.59. The fourth-order valence-corrected chi connectivity index (χ4v) is 2.33. The van der Waals surface area contributed by atoms with Gasteiger partial charge in [-0.1, -0.05) is 18.5 Å². The smallest absolute Gasteiger partial charge is 0.168 e. The van der Waals surface area contributed by atoms with Crippen molar-refractivity contribution in [3.63, 3.8) is 0 Å². The monoisotopic (exact) mass is 309 g/mol. The molecule has 1 aromatic carbocycles. The van der Waals surface area contributed by atoms with Gasteiger partial charge in [0.2, 0.25) is 0 Å². The molecule has 1 N–H and O–H groups in total. The van der Waals surface area contributed by atoms with Crippen LogP contribution in [-0.4, -0.2) is 26.5 Å². The van der Waals surface area contributed by atoms with Crippen LogP contribution in [0, 0.1) is 6.92 Å². The van der Waals surface area contributed by atoms with Crippen LogP contribution in [0.25, 0.3) is 0 Å². The number of aliphatic hydroxyl groups excluding tert-OH is 1. The lowest BCUT2D eigenvalue weighted by molar-refractivity contribution is 0.200. The largest absolute Gasteiger partial charge is 0.482 e. The molecule has 0 radical (unpaired) electrons. The molecule has 1 aromatic heterocycles. The molecule has 0 aliphatic rings. The van der Waals surface area contributed by atoms with E-state index in [1.54, 1.807) is 10.7 Å². The molecular weight excluding hydrogens is 290 g/mol. The molecule has 2 rings (SSSR count). The predicted molar refractivity (Wildman–Crippen MR) is 81.7 cm³/mol. The first-order valence-corrected chi connectivity index (χ1v) is 7.40. The Labute approximate surface area is 129 Å². The second kappa shape index (κ2) is 6.91. The summed E-state index contributed by atoms with van der Waals surface area (Å²) in [7, 11) is 0. The average Bonchev–Trinajstić information content (AvgIpc) is 2.85. The van der Waals surface area contributed by atoms with Crippen LogP contribution in [0.3, 0.4) is 0 Å². The zero-order valence-corrected chi connectivity index (χ0v) is 13.3. The molecule has 1 heterocycles. The molecule has 2 aromatic rings. The maximum Gasteiger partial charge on any atom is 0.168 e. The maximum atomic E-state index is 9.13. The fourth-order valence-electron chi connectivity index (χ4n) is 2.10. The molecular formula is C15H20ClN3O2. The van der Waals surface area contributed by atoms with Gasteiger partial charge >= 0.3 is 0 Å². The van der Waals surface area contributed by atoms with Crippen molar-refractivity contribution >= 4 is 11.6 Å². The number of hydrogen-bond acceptors (Lipinski definition) is 4. The molecule has 0 aliphatic carbocycles. The van der Waals surface area contributed by atoms with E-state index in [2.05, 4.69) is 10.1 Å². The molecule has 0 aliphatic heterocycles. The third kappa shape index (κ3) is 3.74. The highest BCUT2D eigenvalue weighted by atomic mass is 35.5. The summed E-state index contributed by atoms with van der Waals surface area (Å²) in [5.41, 5.74) is 0.971. The number of aliphatic hydroxyl groups is 1. The van der Waals surface area contributed by atoms with Gasteiger partial charge in [-0.2, -0.15) is 5.10 Å². The molecule has 1 atom stereocenters. The van der Waals surface area contributed by atoms with Gasteiger partial charge in [0.25, 0.3) is 0 Å². The first-order chi connectivity index (χ1) is 10.0. The lowest BCUT2D eigenvalue weighted by Gasteiger charge is -2.16. The predicted octanol–water partition coefficient (Wildman–Crippen LogP) is 2.93. The Morgan fingerprint density at radius 2 is 2.19 bits per heavy atom. The molecule has 0 bridgehead atoms. The van der Waals surface area contributed by atoms with Crippen molar-refractivity contribution in [3.05, 3.63) is 40.4 Å². The minimum absolute atomic E-state index is 0.0200. The van der Waals surface area contributed by atoms with Gasteiger partial charge in [-0.25, -0.2) is 9.67 Å². The number of halogens is 1. The molecule has 0 unspecified atom stereocenters. The van der Waals surface area contributed by atoms with Crippen LogP contribution in [0.5, 0.6) is 5.75 Å². The number of aromatic nitrogens is 3. The van der Waals surface area contributed by atoms with Gasteiger partial charge in [-0.15, -0.1) is 0 Å². The van der Waals surface area contributed by atoms with Crippen molar-refractivity contribution in [1.82, 2.24) is 14.8 Å². The van der Waals surface area contributed by atoms with E-state index in [9.17, 15) is 0 Å². The maximum absolute atomic E-state index is 9.13. The third-order valence-electron chi connectivity index (χ3n) is 3.18. The third-order valence-corrected chi connectivity index (χ3v) is 3.41. The van der Waals surface area contributed by atoms with Crippen LogP contribution >= 0.6 is 11.6 Å². The van der Waals surface area contributed by atoms with Crippen molar-refractivity contribution in [3.8, 4) is 5.75 Å². The molecule has 6 heteroatoms. The van der Waals surface area contributed by atoms with Crippen molar-refractivity contribution in [2.24, 2.45) is 0 Å². The van der Waals surface area contributed by atoms with Gasteiger partial charge < -0.3 is 9.84 Å².